The Balaban J connectivity index is 1.72. The SMILES string of the molecule is CN(C(=O)Cc1ccc([N+](=O)[O-])cc1)[C@H](CN1CCCC1)c1ccccc1. The molecule has 3 rings (SSSR count). The number of likely N-dealkylation sites (tertiary alicyclic amines) is 1. The van der Waals surface area contributed by atoms with E-state index in [1.807, 2.05) is 30.1 Å². The van der Waals surface area contributed by atoms with Gasteiger partial charge in [-0.05, 0) is 37.1 Å². The third-order valence-corrected chi connectivity index (χ3v) is 5.18. The summed E-state index contributed by atoms with van der Waals surface area (Å²) < 4.78 is 0. The molecule has 142 valence electrons. The van der Waals surface area contributed by atoms with Crippen LogP contribution in [0.1, 0.15) is 30.0 Å². The monoisotopic (exact) mass is 367 g/mol. The van der Waals surface area contributed by atoms with E-state index in [9.17, 15) is 14.9 Å². The minimum Gasteiger partial charge on any atom is -0.337 e. The van der Waals surface area contributed by atoms with Gasteiger partial charge in [0.05, 0.1) is 17.4 Å². The highest BCUT2D eigenvalue weighted by atomic mass is 16.6. The zero-order valence-corrected chi connectivity index (χ0v) is 15.6. The predicted octanol–water partition coefficient (Wildman–Crippen LogP) is 3.43. The lowest BCUT2D eigenvalue weighted by Gasteiger charge is -2.32. The fourth-order valence-electron chi connectivity index (χ4n) is 3.55. The molecule has 0 bridgehead atoms. The Kier molecular flexibility index (Phi) is 6.19. The normalized spacial score (nSPS) is 15.4. The van der Waals surface area contributed by atoms with Crippen LogP contribution in [0.4, 0.5) is 5.69 Å². The molecule has 0 N–H and O–H groups in total. The minimum absolute atomic E-state index is 0.00477. The summed E-state index contributed by atoms with van der Waals surface area (Å²) in [5, 5.41) is 10.8. The molecule has 1 saturated heterocycles. The summed E-state index contributed by atoms with van der Waals surface area (Å²) in [6.45, 7) is 2.98. The van der Waals surface area contributed by atoms with E-state index in [-0.39, 0.29) is 24.1 Å². The van der Waals surface area contributed by atoms with Gasteiger partial charge in [0.25, 0.3) is 5.69 Å². The van der Waals surface area contributed by atoms with Crippen molar-refractivity contribution >= 4 is 11.6 Å². The largest absolute Gasteiger partial charge is 0.337 e. The Hall–Kier alpha value is -2.73. The van der Waals surface area contributed by atoms with Crippen LogP contribution in [0.5, 0.6) is 0 Å². The summed E-state index contributed by atoms with van der Waals surface area (Å²) in [6.07, 6.45) is 2.65. The van der Waals surface area contributed by atoms with E-state index in [0.29, 0.717) is 0 Å². The van der Waals surface area contributed by atoms with Gasteiger partial charge in [-0.2, -0.15) is 0 Å². The first-order chi connectivity index (χ1) is 13.0. The molecular weight excluding hydrogens is 342 g/mol. The van der Waals surface area contributed by atoms with Gasteiger partial charge in [0, 0.05) is 25.7 Å². The topological polar surface area (TPSA) is 66.7 Å². The van der Waals surface area contributed by atoms with Gasteiger partial charge in [0.1, 0.15) is 0 Å². The van der Waals surface area contributed by atoms with Crippen molar-refractivity contribution in [2.75, 3.05) is 26.7 Å². The Morgan fingerprint density at radius 1 is 1.11 bits per heavy atom. The number of rotatable bonds is 7. The number of nitro groups is 1. The second-order valence-corrected chi connectivity index (χ2v) is 7.04. The molecule has 6 heteroatoms. The van der Waals surface area contributed by atoms with Crippen LogP contribution in [0.25, 0.3) is 0 Å². The van der Waals surface area contributed by atoms with Gasteiger partial charge in [0.15, 0.2) is 0 Å². The molecule has 0 aliphatic carbocycles. The smallest absolute Gasteiger partial charge is 0.269 e. The second-order valence-electron chi connectivity index (χ2n) is 7.04. The van der Waals surface area contributed by atoms with Crippen LogP contribution in [0.15, 0.2) is 54.6 Å². The number of nitrogens with zero attached hydrogens (tertiary/aromatic N) is 3. The third kappa shape index (κ3) is 4.92. The van der Waals surface area contributed by atoms with Crippen LogP contribution in [-0.2, 0) is 11.2 Å². The zero-order chi connectivity index (χ0) is 19.2. The molecule has 1 fully saturated rings. The number of carbonyl (C=O) groups is 1. The molecule has 1 aliphatic rings. The maximum absolute atomic E-state index is 12.9. The average molecular weight is 367 g/mol. The quantitative estimate of drug-likeness (QED) is 0.555. The number of benzene rings is 2. The molecule has 1 amide bonds. The Morgan fingerprint density at radius 2 is 1.74 bits per heavy atom. The fraction of sp³-hybridized carbons (Fsp3) is 0.381. The van der Waals surface area contributed by atoms with Crippen LogP contribution in [0.3, 0.4) is 0 Å². The lowest BCUT2D eigenvalue weighted by molar-refractivity contribution is -0.384. The van der Waals surface area contributed by atoms with Gasteiger partial charge >= 0.3 is 0 Å². The molecule has 2 aromatic carbocycles. The van der Waals surface area contributed by atoms with Crippen molar-refractivity contribution in [1.29, 1.82) is 0 Å². The third-order valence-electron chi connectivity index (χ3n) is 5.18. The molecule has 2 aromatic rings. The van der Waals surface area contributed by atoms with Crippen molar-refractivity contribution in [3.8, 4) is 0 Å². The van der Waals surface area contributed by atoms with Gasteiger partial charge in [-0.15, -0.1) is 0 Å². The molecule has 1 atom stereocenters. The number of non-ortho nitro benzene ring substituents is 1. The number of hydrogen-bond acceptors (Lipinski definition) is 4. The minimum atomic E-state index is -0.431. The first-order valence-electron chi connectivity index (χ1n) is 9.31. The second kappa shape index (κ2) is 8.77. The highest BCUT2D eigenvalue weighted by Crippen LogP contribution is 2.24. The number of carbonyl (C=O) groups excluding carboxylic acids is 1. The Bertz CT molecular complexity index is 771. The maximum atomic E-state index is 12.9. The molecule has 0 radical (unpaired) electrons. The first kappa shape index (κ1) is 19.0. The van der Waals surface area contributed by atoms with Crippen molar-refractivity contribution in [3.63, 3.8) is 0 Å². The van der Waals surface area contributed by atoms with Gasteiger partial charge in [-0.1, -0.05) is 42.5 Å². The summed E-state index contributed by atoms with van der Waals surface area (Å²) in [6, 6.07) is 16.3. The lowest BCUT2D eigenvalue weighted by Crippen LogP contribution is -2.39. The molecule has 0 spiro atoms. The standard InChI is InChI=1S/C21H25N3O3/c1-22(21(25)15-17-9-11-19(12-10-17)24(26)27)20(16-23-13-5-6-14-23)18-7-3-2-4-8-18/h2-4,7-12,20H,5-6,13-16H2,1H3/t20-/m1/s1. The zero-order valence-electron chi connectivity index (χ0n) is 15.6. The van der Waals surface area contributed by atoms with E-state index in [1.165, 1.54) is 25.0 Å². The van der Waals surface area contributed by atoms with E-state index < -0.39 is 4.92 Å². The summed E-state index contributed by atoms with van der Waals surface area (Å²) in [5.41, 5.74) is 1.95. The highest BCUT2D eigenvalue weighted by molar-refractivity contribution is 5.79. The number of likely N-dealkylation sites (N-methyl/N-ethyl adjacent to an activating group) is 1. The summed E-state index contributed by atoms with van der Waals surface area (Å²) >= 11 is 0. The molecule has 1 aliphatic heterocycles. The number of hydrogen-bond donors (Lipinski definition) is 0. The van der Waals surface area contributed by atoms with E-state index in [2.05, 4.69) is 17.0 Å². The van der Waals surface area contributed by atoms with Crippen molar-refractivity contribution < 1.29 is 9.72 Å². The predicted molar refractivity (Wildman–Crippen MR) is 104 cm³/mol. The van der Waals surface area contributed by atoms with Gasteiger partial charge < -0.3 is 9.80 Å². The maximum Gasteiger partial charge on any atom is 0.269 e. The number of amides is 1. The van der Waals surface area contributed by atoms with Crippen molar-refractivity contribution in [1.82, 2.24) is 9.80 Å². The molecular formula is C21H25N3O3. The summed E-state index contributed by atoms with van der Waals surface area (Å²) in [7, 11) is 1.85. The summed E-state index contributed by atoms with van der Waals surface area (Å²) in [4.78, 5) is 27.5. The Morgan fingerprint density at radius 3 is 2.33 bits per heavy atom. The lowest BCUT2D eigenvalue weighted by atomic mass is 10.0. The van der Waals surface area contributed by atoms with Crippen molar-refractivity contribution in [3.05, 3.63) is 75.8 Å². The summed E-state index contributed by atoms with van der Waals surface area (Å²) in [5.74, 6) is 0.0110. The van der Waals surface area contributed by atoms with Gasteiger partial charge in [0.2, 0.25) is 5.91 Å². The van der Waals surface area contributed by atoms with Crippen molar-refractivity contribution in [2.45, 2.75) is 25.3 Å². The van der Waals surface area contributed by atoms with E-state index in [1.54, 1.807) is 12.1 Å². The van der Waals surface area contributed by atoms with Gasteiger partial charge in [-0.25, -0.2) is 0 Å². The molecule has 0 unspecified atom stereocenters. The van der Waals surface area contributed by atoms with Crippen molar-refractivity contribution in [2.24, 2.45) is 0 Å². The Labute approximate surface area is 159 Å². The number of nitro benzene ring substituents is 1. The first-order valence-corrected chi connectivity index (χ1v) is 9.31. The van der Waals surface area contributed by atoms with Gasteiger partial charge in [-0.3, -0.25) is 14.9 Å². The molecule has 0 saturated carbocycles. The molecule has 6 nitrogen and oxygen atoms in total. The molecule has 0 aromatic heterocycles. The fourth-order valence-corrected chi connectivity index (χ4v) is 3.55. The molecule has 27 heavy (non-hydrogen) atoms. The van der Waals surface area contributed by atoms with E-state index in [0.717, 1.165) is 30.8 Å². The van der Waals surface area contributed by atoms with Crippen LogP contribution >= 0.6 is 0 Å². The van der Waals surface area contributed by atoms with Crippen LogP contribution in [0, 0.1) is 10.1 Å². The highest BCUT2D eigenvalue weighted by Gasteiger charge is 2.25. The van der Waals surface area contributed by atoms with Crippen LogP contribution < -0.4 is 0 Å². The van der Waals surface area contributed by atoms with E-state index in [4.69, 9.17) is 0 Å². The van der Waals surface area contributed by atoms with Crippen LogP contribution in [0.2, 0.25) is 0 Å². The van der Waals surface area contributed by atoms with Crippen LogP contribution in [-0.4, -0.2) is 47.3 Å². The van der Waals surface area contributed by atoms with E-state index >= 15 is 0 Å². The average Bonchev–Trinajstić information content (AvgIpc) is 3.20. The molecule has 1 heterocycles.